The summed E-state index contributed by atoms with van der Waals surface area (Å²) in [5.74, 6) is 0. The molecule has 0 amide bonds. The SMILES string of the molecule is Cc1nn(C)c(C)c1CN1CCC(N2CCC(O)CC2)CC1. The average molecular weight is 306 g/mol. The molecule has 0 aromatic carbocycles. The van der Waals surface area contributed by atoms with Crippen LogP contribution in [0.2, 0.25) is 0 Å². The molecule has 0 aliphatic carbocycles. The maximum atomic E-state index is 9.64. The Kier molecular flexibility index (Phi) is 4.85. The Morgan fingerprint density at radius 2 is 1.68 bits per heavy atom. The van der Waals surface area contributed by atoms with Crippen LogP contribution in [0.15, 0.2) is 0 Å². The second-order valence-corrected chi connectivity index (χ2v) is 7.05. The molecule has 0 spiro atoms. The number of likely N-dealkylation sites (tertiary alicyclic amines) is 2. The van der Waals surface area contributed by atoms with E-state index in [0.717, 1.165) is 38.5 Å². The Morgan fingerprint density at radius 1 is 1.05 bits per heavy atom. The molecule has 2 aliphatic heterocycles. The molecular formula is C17H30N4O. The van der Waals surface area contributed by atoms with Gasteiger partial charge in [0.2, 0.25) is 0 Å². The highest BCUT2D eigenvalue weighted by atomic mass is 16.3. The van der Waals surface area contributed by atoms with Crippen molar-refractivity contribution in [3.8, 4) is 0 Å². The maximum absolute atomic E-state index is 9.64. The number of aryl methyl sites for hydroxylation is 2. The summed E-state index contributed by atoms with van der Waals surface area (Å²) in [6.07, 6.45) is 4.36. The van der Waals surface area contributed by atoms with Gasteiger partial charge in [-0.15, -0.1) is 0 Å². The highest BCUT2D eigenvalue weighted by Crippen LogP contribution is 2.23. The zero-order valence-corrected chi connectivity index (χ0v) is 14.3. The third-order valence-electron chi connectivity index (χ3n) is 5.61. The molecule has 2 saturated heterocycles. The molecule has 0 unspecified atom stereocenters. The smallest absolute Gasteiger partial charge is 0.0641 e. The van der Waals surface area contributed by atoms with E-state index in [2.05, 4.69) is 28.7 Å². The van der Waals surface area contributed by atoms with E-state index in [1.807, 2.05) is 11.7 Å². The summed E-state index contributed by atoms with van der Waals surface area (Å²) in [6.45, 7) is 9.83. The van der Waals surface area contributed by atoms with Crippen molar-refractivity contribution in [1.29, 1.82) is 0 Å². The summed E-state index contributed by atoms with van der Waals surface area (Å²) in [4.78, 5) is 5.18. The molecule has 0 atom stereocenters. The minimum Gasteiger partial charge on any atom is -0.393 e. The van der Waals surface area contributed by atoms with Gasteiger partial charge in [-0.3, -0.25) is 9.58 Å². The van der Waals surface area contributed by atoms with E-state index >= 15 is 0 Å². The maximum Gasteiger partial charge on any atom is 0.0641 e. The fourth-order valence-corrected chi connectivity index (χ4v) is 3.96. The highest BCUT2D eigenvalue weighted by molar-refractivity contribution is 5.24. The lowest BCUT2D eigenvalue weighted by atomic mass is 9.98. The van der Waals surface area contributed by atoms with Crippen LogP contribution in [0.4, 0.5) is 0 Å². The van der Waals surface area contributed by atoms with Crippen LogP contribution in [0.5, 0.6) is 0 Å². The Morgan fingerprint density at radius 3 is 2.23 bits per heavy atom. The first-order chi connectivity index (χ1) is 10.5. The largest absolute Gasteiger partial charge is 0.393 e. The quantitative estimate of drug-likeness (QED) is 0.918. The van der Waals surface area contributed by atoms with E-state index in [-0.39, 0.29) is 6.10 Å². The fourth-order valence-electron chi connectivity index (χ4n) is 3.96. The van der Waals surface area contributed by atoms with Crippen LogP contribution in [0.1, 0.15) is 42.6 Å². The van der Waals surface area contributed by atoms with Gasteiger partial charge in [-0.25, -0.2) is 0 Å². The van der Waals surface area contributed by atoms with Crippen molar-refractivity contribution in [1.82, 2.24) is 19.6 Å². The van der Waals surface area contributed by atoms with Gasteiger partial charge in [0.25, 0.3) is 0 Å². The van der Waals surface area contributed by atoms with Gasteiger partial charge in [-0.1, -0.05) is 0 Å². The Hall–Kier alpha value is -0.910. The molecule has 2 aliphatic rings. The van der Waals surface area contributed by atoms with Crippen molar-refractivity contribution < 1.29 is 5.11 Å². The monoisotopic (exact) mass is 306 g/mol. The second kappa shape index (κ2) is 6.69. The number of rotatable bonds is 3. The molecule has 1 aromatic heterocycles. The lowest BCUT2D eigenvalue weighted by Gasteiger charge is -2.41. The minimum atomic E-state index is -0.0622. The fraction of sp³-hybridized carbons (Fsp3) is 0.824. The lowest BCUT2D eigenvalue weighted by molar-refractivity contribution is 0.0375. The summed E-state index contributed by atoms with van der Waals surface area (Å²) in [5.41, 5.74) is 3.87. The minimum absolute atomic E-state index is 0.0622. The number of aromatic nitrogens is 2. The first kappa shape index (κ1) is 16.0. The van der Waals surface area contributed by atoms with Gasteiger partial charge < -0.3 is 10.0 Å². The zero-order chi connectivity index (χ0) is 15.7. The Balaban J connectivity index is 1.51. The van der Waals surface area contributed by atoms with Crippen LogP contribution in [-0.2, 0) is 13.6 Å². The summed E-state index contributed by atoms with van der Waals surface area (Å²) in [5, 5.41) is 14.2. The van der Waals surface area contributed by atoms with Gasteiger partial charge in [-0.2, -0.15) is 5.10 Å². The number of aliphatic hydroxyl groups is 1. The normalized spacial score (nSPS) is 23.3. The van der Waals surface area contributed by atoms with Crippen LogP contribution in [0.3, 0.4) is 0 Å². The number of piperidine rings is 2. The van der Waals surface area contributed by atoms with Gasteiger partial charge >= 0.3 is 0 Å². The van der Waals surface area contributed by atoms with Crippen LogP contribution in [0, 0.1) is 13.8 Å². The molecule has 2 fully saturated rings. The van der Waals surface area contributed by atoms with Crippen LogP contribution in [-0.4, -0.2) is 63.0 Å². The predicted molar refractivity (Wildman–Crippen MR) is 87.8 cm³/mol. The first-order valence-electron chi connectivity index (χ1n) is 8.68. The predicted octanol–water partition coefficient (Wildman–Crippen LogP) is 1.46. The van der Waals surface area contributed by atoms with Gasteiger partial charge in [-0.05, 0) is 52.6 Å². The molecule has 124 valence electrons. The van der Waals surface area contributed by atoms with Gasteiger partial charge in [0.15, 0.2) is 0 Å². The van der Waals surface area contributed by atoms with Crippen molar-refractivity contribution in [3.63, 3.8) is 0 Å². The van der Waals surface area contributed by atoms with E-state index in [1.165, 1.54) is 42.9 Å². The van der Waals surface area contributed by atoms with Crippen LogP contribution >= 0.6 is 0 Å². The molecule has 1 N–H and O–H groups in total. The van der Waals surface area contributed by atoms with Crippen LogP contribution < -0.4 is 0 Å². The Bertz CT molecular complexity index is 497. The summed E-state index contributed by atoms with van der Waals surface area (Å²) in [7, 11) is 2.03. The molecule has 22 heavy (non-hydrogen) atoms. The van der Waals surface area contributed by atoms with Crippen LogP contribution in [0.25, 0.3) is 0 Å². The molecule has 5 nitrogen and oxygen atoms in total. The molecule has 5 heteroatoms. The summed E-state index contributed by atoms with van der Waals surface area (Å²) in [6, 6.07) is 0.722. The van der Waals surface area contributed by atoms with E-state index in [4.69, 9.17) is 0 Å². The topological polar surface area (TPSA) is 44.5 Å². The number of hydrogen-bond donors (Lipinski definition) is 1. The van der Waals surface area contributed by atoms with Gasteiger partial charge in [0, 0.05) is 44.0 Å². The van der Waals surface area contributed by atoms with E-state index < -0.39 is 0 Å². The Labute approximate surface area is 133 Å². The number of aliphatic hydroxyl groups excluding tert-OH is 1. The molecule has 1 aromatic rings. The summed E-state index contributed by atoms with van der Waals surface area (Å²) >= 11 is 0. The van der Waals surface area contributed by atoms with Crippen molar-refractivity contribution >= 4 is 0 Å². The molecule has 0 bridgehead atoms. The molecule has 0 radical (unpaired) electrons. The van der Waals surface area contributed by atoms with Gasteiger partial charge in [0.05, 0.1) is 11.8 Å². The van der Waals surface area contributed by atoms with Crippen molar-refractivity contribution in [3.05, 3.63) is 17.0 Å². The molecule has 3 heterocycles. The van der Waals surface area contributed by atoms with Crippen molar-refractivity contribution in [2.45, 2.75) is 58.2 Å². The number of nitrogens with zero attached hydrogens (tertiary/aromatic N) is 4. The van der Waals surface area contributed by atoms with Gasteiger partial charge in [0.1, 0.15) is 0 Å². The second-order valence-electron chi connectivity index (χ2n) is 7.05. The molecular weight excluding hydrogens is 276 g/mol. The molecule has 3 rings (SSSR count). The standard InChI is InChI=1S/C17H30N4O/c1-13-17(14(2)19(3)18-13)12-20-8-4-15(5-9-20)21-10-6-16(22)7-11-21/h15-16,22H,4-12H2,1-3H3. The number of hydrogen-bond acceptors (Lipinski definition) is 4. The van der Waals surface area contributed by atoms with E-state index in [9.17, 15) is 5.11 Å². The first-order valence-corrected chi connectivity index (χ1v) is 8.68. The van der Waals surface area contributed by atoms with Crippen molar-refractivity contribution in [2.75, 3.05) is 26.2 Å². The van der Waals surface area contributed by atoms with E-state index in [0.29, 0.717) is 0 Å². The highest BCUT2D eigenvalue weighted by Gasteiger charge is 2.28. The third-order valence-corrected chi connectivity index (χ3v) is 5.61. The van der Waals surface area contributed by atoms with Crippen molar-refractivity contribution in [2.24, 2.45) is 7.05 Å². The zero-order valence-electron chi connectivity index (χ0n) is 14.3. The lowest BCUT2D eigenvalue weighted by Crippen LogP contribution is -2.48. The third kappa shape index (κ3) is 3.36. The molecule has 0 saturated carbocycles. The van der Waals surface area contributed by atoms with E-state index in [1.54, 1.807) is 0 Å². The summed E-state index contributed by atoms with van der Waals surface area (Å²) < 4.78 is 2.00. The average Bonchev–Trinajstić information content (AvgIpc) is 2.75.